The number of nitriles is 1. The summed E-state index contributed by atoms with van der Waals surface area (Å²) in [5.74, 6) is 0.447. The minimum atomic E-state index is -0.495. The normalized spacial score (nSPS) is 9.32. The second-order valence-electron chi connectivity index (χ2n) is 3.62. The first-order chi connectivity index (χ1) is 9.10. The Morgan fingerprint density at radius 3 is 2.63 bits per heavy atom. The second kappa shape index (κ2) is 7.07. The van der Waals surface area contributed by atoms with E-state index in [1.807, 2.05) is 6.07 Å². The van der Waals surface area contributed by atoms with Gasteiger partial charge in [-0.1, -0.05) is 6.58 Å². The van der Waals surface area contributed by atoms with Gasteiger partial charge in [-0.05, 0) is 19.1 Å². The maximum atomic E-state index is 11.3. The maximum Gasteiger partial charge on any atom is 0.336 e. The Balaban J connectivity index is 2.70. The van der Waals surface area contributed by atoms with Crippen LogP contribution in [0.3, 0.4) is 0 Å². The van der Waals surface area contributed by atoms with Crippen molar-refractivity contribution in [3.63, 3.8) is 0 Å². The van der Waals surface area contributed by atoms with E-state index in [0.717, 1.165) is 0 Å². The van der Waals surface area contributed by atoms with E-state index in [-0.39, 0.29) is 18.8 Å². The molecule has 0 aromatic heterocycles. The molecule has 1 rings (SSSR count). The van der Waals surface area contributed by atoms with Gasteiger partial charge in [0.1, 0.15) is 18.1 Å². The van der Waals surface area contributed by atoms with Crippen LogP contribution >= 0.6 is 0 Å². The summed E-state index contributed by atoms with van der Waals surface area (Å²) >= 11 is 0. The standard InChI is InChI=1S/C14H15NO4/c1-4-18-14(16)10(2)9-19-13-6-11(8-15)5-12(7-13)17-3/h5-7H,2,4,9H2,1,3H3. The number of carbonyl (C=O) groups excluding carboxylic acids is 1. The zero-order valence-electron chi connectivity index (χ0n) is 10.9. The van der Waals surface area contributed by atoms with Crippen molar-refractivity contribution in [1.29, 1.82) is 5.26 Å². The lowest BCUT2D eigenvalue weighted by Crippen LogP contribution is -2.13. The first kappa shape index (κ1) is 14.6. The second-order valence-corrected chi connectivity index (χ2v) is 3.62. The number of carbonyl (C=O) groups is 1. The van der Waals surface area contributed by atoms with Gasteiger partial charge in [-0.25, -0.2) is 4.79 Å². The van der Waals surface area contributed by atoms with Gasteiger partial charge in [0.05, 0.1) is 30.9 Å². The topological polar surface area (TPSA) is 68.5 Å². The molecule has 0 heterocycles. The van der Waals surface area contributed by atoms with Crippen molar-refractivity contribution in [3.05, 3.63) is 35.9 Å². The van der Waals surface area contributed by atoms with Gasteiger partial charge in [-0.15, -0.1) is 0 Å². The molecule has 0 unspecified atom stereocenters. The third kappa shape index (κ3) is 4.36. The number of hydrogen-bond acceptors (Lipinski definition) is 5. The highest BCUT2D eigenvalue weighted by Crippen LogP contribution is 2.22. The van der Waals surface area contributed by atoms with Crippen LogP contribution in [0.1, 0.15) is 12.5 Å². The maximum absolute atomic E-state index is 11.3. The van der Waals surface area contributed by atoms with Crippen LogP contribution in [0.15, 0.2) is 30.4 Å². The van der Waals surface area contributed by atoms with Gasteiger partial charge < -0.3 is 14.2 Å². The van der Waals surface area contributed by atoms with E-state index >= 15 is 0 Å². The molecule has 0 radical (unpaired) electrons. The molecule has 0 fully saturated rings. The Kier molecular flexibility index (Phi) is 5.42. The molecule has 1 aromatic rings. The minimum Gasteiger partial charge on any atom is -0.497 e. The minimum absolute atomic E-state index is 0.00311. The highest BCUT2D eigenvalue weighted by Gasteiger charge is 2.09. The SMILES string of the molecule is C=C(COc1cc(C#N)cc(OC)c1)C(=O)OCC. The molecule has 0 spiro atoms. The van der Waals surface area contributed by atoms with E-state index in [0.29, 0.717) is 17.1 Å². The third-order valence-electron chi connectivity index (χ3n) is 2.22. The van der Waals surface area contributed by atoms with Gasteiger partial charge in [0.15, 0.2) is 0 Å². The van der Waals surface area contributed by atoms with Crippen LogP contribution in [-0.4, -0.2) is 26.3 Å². The van der Waals surface area contributed by atoms with Crippen LogP contribution in [0.25, 0.3) is 0 Å². The number of hydrogen-bond donors (Lipinski definition) is 0. The molecular formula is C14H15NO4. The van der Waals surface area contributed by atoms with Gasteiger partial charge >= 0.3 is 5.97 Å². The Labute approximate surface area is 112 Å². The summed E-state index contributed by atoms with van der Waals surface area (Å²) in [7, 11) is 1.50. The lowest BCUT2D eigenvalue weighted by molar-refractivity contribution is -0.138. The molecule has 0 N–H and O–H groups in total. The molecule has 0 aliphatic heterocycles. The zero-order valence-corrected chi connectivity index (χ0v) is 10.9. The summed E-state index contributed by atoms with van der Waals surface area (Å²) in [6.45, 7) is 5.58. The number of nitrogens with zero attached hydrogens (tertiary/aromatic N) is 1. The van der Waals surface area contributed by atoms with Gasteiger partial charge in [0.2, 0.25) is 0 Å². The van der Waals surface area contributed by atoms with Gasteiger partial charge in [-0.3, -0.25) is 0 Å². The van der Waals surface area contributed by atoms with Gasteiger partial charge in [-0.2, -0.15) is 5.26 Å². The smallest absolute Gasteiger partial charge is 0.336 e. The Morgan fingerprint density at radius 1 is 1.37 bits per heavy atom. The molecule has 0 saturated carbocycles. The molecule has 0 atom stereocenters. The van der Waals surface area contributed by atoms with E-state index in [4.69, 9.17) is 19.5 Å². The summed E-state index contributed by atoms with van der Waals surface area (Å²) in [5.41, 5.74) is 0.624. The fraction of sp³-hybridized carbons (Fsp3) is 0.286. The number of rotatable bonds is 6. The molecule has 5 nitrogen and oxygen atoms in total. The van der Waals surface area contributed by atoms with Crippen molar-refractivity contribution in [3.8, 4) is 17.6 Å². The molecule has 1 aromatic carbocycles. The molecule has 5 heteroatoms. The molecular weight excluding hydrogens is 246 g/mol. The first-order valence-electron chi connectivity index (χ1n) is 5.67. The van der Waals surface area contributed by atoms with E-state index in [1.165, 1.54) is 7.11 Å². The molecule has 0 bridgehead atoms. The molecule has 0 aliphatic rings. The fourth-order valence-corrected chi connectivity index (χ4v) is 1.30. The van der Waals surface area contributed by atoms with E-state index in [9.17, 15) is 4.79 Å². The van der Waals surface area contributed by atoms with Gasteiger partial charge in [0, 0.05) is 6.07 Å². The summed E-state index contributed by atoms with van der Waals surface area (Å²) in [5, 5.41) is 8.86. The van der Waals surface area contributed by atoms with E-state index in [1.54, 1.807) is 25.1 Å². The van der Waals surface area contributed by atoms with Crippen LogP contribution < -0.4 is 9.47 Å². The number of benzene rings is 1. The van der Waals surface area contributed by atoms with Gasteiger partial charge in [0.25, 0.3) is 0 Å². The average Bonchev–Trinajstić information content (AvgIpc) is 2.44. The summed E-state index contributed by atoms with van der Waals surface area (Å²) < 4.78 is 15.2. The quantitative estimate of drug-likeness (QED) is 0.579. The highest BCUT2D eigenvalue weighted by atomic mass is 16.5. The Bertz CT molecular complexity index is 517. The van der Waals surface area contributed by atoms with Crippen molar-refractivity contribution in [1.82, 2.24) is 0 Å². The summed E-state index contributed by atoms with van der Waals surface area (Å²) in [6.07, 6.45) is 0. The third-order valence-corrected chi connectivity index (χ3v) is 2.22. The van der Waals surface area contributed by atoms with Crippen LogP contribution in [0.4, 0.5) is 0 Å². The molecule has 0 aliphatic carbocycles. The van der Waals surface area contributed by atoms with Crippen molar-refractivity contribution in [2.75, 3.05) is 20.3 Å². The Hall–Kier alpha value is -2.48. The van der Waals surface area contributed by atoms with E-state index in [2.05, 4.69) is 6.58 Å². The summed E-state index contributed by atoms with van der Waals surface area (Å²) in [6, 6.07) is 6.77. The molecule has 0 saturated heterocycles. The average molecular weight is 261 g/mol. The monoisotopic (exact) mass is 261 g/mol. The number of esters is 1. The molecule has 100 valence electrons. The van der Waals surface area contributed by atoms with Crippen molar-refractivity contribution < 1.29 is 19.0 Å². The van der Waals surface area contributed by atoms with E-state index < -0.39 is 5.97 Å². The molecule has 19 heavy (non-hydrogen) atoms. The number of methoxy groups -OCH3 is 1. The predicted octanol–water partition coefficient (Wildman–Crippen LogP) is 2.06. The predicted molar refractivity (Wildman–Crippen MR) is 69.0 cm³/mol. The lowest BCUT2D eigenvalue weighted by Gasteiger charge is -2.09. The van der Waals surface area contributed by atoms with Crippen LogP contribution in [0.2, 0.25) is 0 Å². The Morgan fingerprint density at radius 2 is 2.05 bits per heavy atom. The van der Waals surface area contributed by atoms with Crippen molar-refractivity contribution in [2.45, 2.75) is 6.92 Å². The zero-order chi connectivity index (χ0) is 14.3. The lowest BCUT2D eigenvalue weighted by atomic mass is 10.2. The highest BCUT2D eigenvalue weighted by molar-refractivity contribution is 5.88. The fourth-order valence-electron chi connectivity index (χ4n) is 1.30. The van der Waals surface area contributed by atoms with Crippen molar-refractivity contribution >= 4 is 5.97 Å². The van der Waals surface area contributed by atoms with Crippen LogP contribution in [0, 0.1) is 11.3 Å². The number of ether oxygens (including phenoxy) is 3. The van der Waals surface area contributed by atoms with Crippen LogP contribution in [-0.2, 0) is 9.53 Å². The largest absolute Gasteiger partial charge is 0.497 e. The summed E-state index contributed by atoms with van der Waals surface area (Å²) in [4.78, 5) is 11.3. The first-order valence-corrected chi connectivity index (χ1v) is 5.67. The van der Waals surface area contributed by atoms with Crippen molar-refractivity contribution in [2.24, 2.45) is 0 Å². The van der Waals surface area contributed by atoms with Crippen LogP contribution in [0.5, 0.6) is 11.5 Å². The molecule has 0 amide bonds.